The van der Waals surface area contributed by atoms with E-state index < -0.39 is 0 Å². The van der Waals surface area contributed by atoms with Crippen molar-refractivity contribution in [2.24, 2.45) is 5.73 Å². The minimum absolute atomic E-state index is 0.00728. The molecule has 5 rings (SSSR count). The minimum Gasteiger partial charge on any atom is -0.495 e. The Balaban J connectivity index is 1.75. The van der Waals surface area contributed by atoms with Crippen LogP contribution in [-0.2, 0) is 11.2 Å². The SMILES string of the molecule is C=C/C(OC)=C(\[C@H]1Cc2ccncc2C(=O)N1C)N(C)C12CC(N)(C1)C2. The van der Waals surface area contributed by atoms with Crippen molar-refractivity contribution in [2.75, 3.05) is 21.2 Å². The van der Waals surface area contributed by atoms with Gasteiger partial charge in [-0.3, -0.25) is 9.78 Å². The van der Waals surface area contributed by atoms with E-state index in [1.807, 2.05) is 13.1 Å². The standard InChI is InChI=1S/C20H26N4O2/c1-5-16(26-4)17(24(3)20-10-19(21,11-20)12-20)15-8-13-6-7-22-9-14(13)18(25)23(15)2/h5-7,9,15H,1,8,10-12,21H2,2-4H3/b17-16-/t15-,19?,20?/m1/s1. The number of carbonyl (C=O) groups excluding carboxylic acids is 1. The van der Waals surface area contributed by atoms with Gasteiger partial charge in [0.1, 0.15) is 5.76 Å². The summed E-state index contributed by atoms with van der Waals surface area (Å²) in [5, 5.41) is 0. The van der Waals surface area contributed by atoms with Crippen LogP contribution >= 0.6 is 0 Å². The topological polar surface area (TPSA) is 71.7 Å². The molecule has 3 aliphatic carbocycles. The number of hydrogen-bond acceptors (Lipinski definition) is 5. The number of ether oxygens (including phenoxy) is 1. The first-order valence-corrected chi connectivity index (χ1v) is 8.97. The summed E-state index contributed by atoms with van der Waals surface area (Å²) in [5.41, 5.74) is 9.07. The Kier molecular flexibility index (Phi) is 3.67. The van der Waals surface area contributed by atoms with Gasteiger partial charge in [0.15, 0.2) is 0 Å². The van der Waals surface area contributed by atoms with Gasteiger partial charge in [0.25, 0.3) is 5.91 Å². The lowest BCUT2D eigenvalue weighted by Crippen LogP contribution is -2.81. The van der Waals surface area contributed by atoms with Gasteiger partial charge in [0.2, 0.25) is 0 Å². The van der Waals surface area contributed by atoms with E-state index in [1.165, 1.54) is 0 Å². The number of aromatic nitrogens is 1. The van der Waals surface area contributed by atoms with Crippen LogP contribution in [0.5, 0.6) is 0 Å². The molecule has 1 aromatic heterocycles. The van der Waals surface area contributed by atoms with Crippen molar-refractivity contribution >= 4 is 5.91 Å². The van der Waals surface area contributed by atoms with Gasteiger partial charge in [-0.25, -0.2) is 0 Å². The summed E-state index contributed by atoms with van der Waals surface area (Å²) in [7, 11) is 5.59. The summed E-state index contributed by atoms with van der Waals surface area (Å²) in [4.78, 5) is 21.1. The van der Waals surface area contributed by atoms with Crippen molar-refractivity contribution in [3.8, 4) is 0 Å². The number of hydrogen-bond donors (Lipinski definition) is 1. The second kappa shape index (κ2) is 5.58. The maximum absolute atomic E-state index is 12.9. The van der Waals surface area contributed by atoms with Crippen molar-refractivity contribution in [3.05, 3.63) is 53.7 Å². The highest BCUT2D eigenvalue weighted by atomic mass is 16.5. The van der Waals surface area contributed by atoms with E-state index >= 15 is 0 Å². The molecule has 1 atom stereocenters. The number of amides is 1. The molecule has 3 saturated carbocycles. The Labute approximate surface area is 154 Å². The molecule has 6 heteroatoms. The molecule has 0 aromatic carbocycles. The molecule has 2 heterocycles. The van der Waals surface area contributed by atoms with Crippen molar-refractivity contribution in [3.63, 3.8) is 0 Å². The van der Waals surface area contributed by atoms with Crippen LogP contribution in [0.3, 0.4) is 0 Å². The molecule has 6 nitrogen and oxygen atoms in total. The summed E-state index contributed by atoms with van der Waals surface area (Å²) in [6.45, 7) is 3.92. The van der Waals surface area contributed by atoms with Crippen molar-refractivity contribution in [2.45, 2.75) is 42.8 Å². The normalized spacial score (nSPS) is 32.7. The van der Waals surface area contributed by atoms with Crippen molar-refractivity contribution in [1.29, 1.82) is 0 Å². The Morgan fingerprint density at radius 3 is 2.77 bits per heavy atom. The number of nitrogens with two attached hydrogens (primary N) is 1. The molecule has 0 spiro atoms. The van der Waals surface area contributed by atoms with E-state index in [0.29, 0.717) is 11.3 Å². The average Bonchev–Trinajstić information content (AvgIpc) is 2.59. The maximum atomic E-state index is 12.9. The fourth-order valence-electron chi connectivity index (χ4n) is 5.02. The molecule has 1 aliphatic heterocycles. The van der Waals surface area contributed by atoms with Crippen LogP contribution in [-0.4, -0.2) is 59.0 Å². The zero-order valence-corrected chi connectivity index (χ0v) is 15.7. The molecule has 1 amide bonds. The maximum Gasteiger partial charge on any atom is 0.256 e. The molecule has 138 valence electrons. The van der Waals surface area contributed by atoms with E-state index in [2.05, 4.69) is 23.5 Å². The Bertz CT molecular complexity index is 796. The molecule has 0 radical (unpaired) electrons. The molecule has 3 fully saturated rings. The zero-order chi connectivity index (χ0) is 18.7. The summed E-state index contributed by atoms with van der Waals surface area (Å²) in [6, 6.07) is 1.82. The fraction of sp³-hybridized carbons (Fsp3) is 0.500. The van der Waals surface area contributed by atoms with E-state index in [0.717, 1.165) is 36.9 Å². The van der Waals surface area contributed by atoms with Gasteiger partial charge in [-0.2, -0.15) is 0 Å². The number of pyridine rings is 1. The predicted octanol–water partition coefficient (Wildman–Crippen LogP) is 1.69. The molecule has 2 N–H and O–H groups in total. The molecular weight excluding hydrogens is 328 g/mol. The Morgan fingerprint density at radius 2 is 2.19 bits per heavy atom. The smallest absolute Gasteiger partial charge is 0.256 e. The number of nitrogens with zero attached hydrogens (tertiary/aromatic N) is 3. The van der Waals surface area contributed by atoms with Gasteiger partial charge < -0.3 is 20.3 Å². The summed E-state index contributed by atoms with van der Waals surface area (Å²) < 4.78 is 5.65. The van der Waals surface area contributed by atoms with Crippen molar-refractivity contribution in [1.82, 2.24) is 14.8 Å². The number of fused-ring (bicyclic) bond motifs is 1. The number of rotatable bonds is 5. The van der Waals surface area contributed by atoms with E-state index in [4.69, 9.17) is 10.5 Å². The quantitative estimate of drug-likeness (QED) is 0.643. The largest absolute Gasteiger partial charge is 0.495 e. The fourth-order valence-corrected chi connectivity index (χ4v) is 5.02. The van der Waals surface area contributed by atoms with E-state index in [-0.39, 0.29) is 23.0 Å². The summed E-state index contributed by atoms with van der Waals surface area (Å²) >= 11 is 0. The van der Waals surface area contributed by atoms with E-state index in [9.17, 15) is 4.79 Å². The second-order valence-electron chi connectivity index (χ2n) is 8.00. The van der Waals surface area contributed by atoms with Gasteiger partial charge in [-0.15, -0.1) is 0 Å². The van der Waals surface area contributed by atoms with Crippen LogP contribution in [0, 0.1) is 0 Å². The van der Waals surface area contributed by atoms with Crippen LogP contribution in [0.25, 0.3) is 0 Å². The number of likely N-dealkylation sites (N-methyl/N-ethyl adjacent to an activating group) is 2. The first-order valence-electron chi connectivity index (χ1n) is 8.97. The Hall–Kier alpha value is -2.34. The second-order valence-corrected chi connectivity index (χ2v) is 8.00. The van der Waals surface area contributed by atoms with Gasteiger partial charge in [0.05, 0.1) is 24.4 Å². The first kappa shape index (κ1) is 17.1. The van der Waals surface area contributed by atoms with Gasteiger partial charge in [-0.05, 0) is 43.4 Å². The average molecular weight is 354 g/mol. The predicted molar refractivity (Wildman–Crippen MR) is 99.3 cm³/mol. The van der Waals surface area contributed by atoms with E-state index in [1.54, 1.807) is 30.5 Å². The van der Waals surface area contributed by atoms with Gasteiger partial charge in [0, 0.05) is 37.6 Å². The molecule has 1 aromatic rings. The molecule has 2 bridgehead atoms. The molecule has 0 unspecified atom stereocenters. The number of carbonyl (C=O) groups is 1. The Morgan fingerprint density at radius 1 is 1.50 bits per heavy atom. The number of allylic oxidation sites excluding steroid dienone is 1. The third kappa shape index (κ3) is 2.21. The lowest BCUT2D eigenvalue weighted by atomic mass is 9.44. The van der Waals surface area contributed by atoms with Crippen LogP contribution in [0.1, 0.15) is 35.2 Å². The minimum atomic E-state index is -0.113. The molecule has 0 saturated heterocycles. The van der Waals surface area contributed by atoms with Gasteiger partial charge >= 0.3 is 0 Å². The van der Waals surface area contributed by atoms with Gasteiger partial charge in [-0.1, -0.05) is 6.58 Å². The van der Waals surface area contributed by atoms with Crippen LogP contribution < -0.4 is 5.73 Å². The highest BCUT2D eigenvalue weighted by Crippen LogP contribution is 2.62. The lowest BCUT2D eigenvalue weighted by Gasteiger charge is -2.73. The van der Waals surface area contributed by atoms with Crippen LogP contribution in [0.15, 0.2) is 42.6 Å². The van der Waals surface area contributed by atoms with Crippen LogP contribution in [0.4, 0.5) is 0 Å². The highest BCUT2D eigenvalue weighted by molar-refractivity contribution is 5.96. The summed E-state index contributed by atoms with van der Waals surface area (Å²) in [6.07, 6.45) is 8.81. The van der Waals surface area contributed by atoms with Crippen LogP contribution in [0.2, 0.25) is 0 Å². The first-order chi connectivity index (χ1) is 12.3. The monoisotopic (exact) mass is 354 g/mol. The molecule has 26 heavy (non-hydrogen) atoms. The lowest BCUT2D eigenvalue weighted by molar-refractivity contribution is -0.143. The third-order valence-electron chi connectivity index (χ3n) is 6.43. The third-order valence-corrected chi connectivity index (χ3v) is 6.43. The highest BCUT2D eigenvalue weighted by Gasteiger charge is 2.68. The summed E-state index contributed by atoms with van der Waals surface area (Å²) in [5.74, 6) is 0.702. The molecule has 4 aliphatic rings. The van der Waals surface area contributed by atoms with Crippen molar-refractivity contribution < 1.29 is 9.53 Å². The zero-order valence-electron chi connectivity index (χ0n) is 15.7. The molecular formula is C20H26N4O2. The number of methoxy groups -OCH3 is 1.